The van der Waals surface area contributed by atoms with Crippen LogP contribution in [0.1, 0.15) is 6.23 Å². The summed E-state index contributed by atoms with van der Waals surface area (Å²) in [6.45, 7) is -0.617. The van der Waals surface area contributed by atoms with Crippen LogP contribution in [0, 0.1) is 0 Å². The van der Waals surface area contributed by atoms with Crippen LogP contribution in [0.3, 0.4) is 0 Å². The molecule has 0 spiro atoms. The highest BCUT2D eigenvalue weighted by Crippen LogP contribution is 2.30. The summed E-state index contributed by atoms with van der Waals surface area (Å²) < 4.78 is 19.4. The highest BCUT2D eigenvalue weighted by molar-refractivity contribution is 9.10. The number of H-pyrrole nitrogens is 1. The van der Waals surface area contributed by atoms with E-state index in [1.807, 2.05) is 4.98 Å². The Bertz CT molecular complexity index is 559. The monoisotopic (exact) mass is 324 g/mol. The van der Waals surface area contributed by atoms with Gasteiger partial charge in [-0.05, 0) is 15.9 Å². The molecule has 1 aliphatic rings. The third-order valence-corrected chi connectivity index (χ3v) is 3.23. The largest absolute Gasteiger partial charge is 0.394 e. The molecule has 1 unspecified atom stereocenters. The number of aromatic amines is 1. The van der Waals surface area contributed by atoms with Crippen molar-refractivity contribution < 1.29 is 19.3 Å². The second-order valence-electron chi connectivity index (χ2n) is 3.83. The molecular formula is C9H10BrFN2O5. The van der Waals surface area contributed by atoms with E-state index < -0.39 is 42.5 Å². The van der Waals surface area contributed by atoms with Gasteiger partial charge in [-0.3, -0.25) is 14.3 Å². The van der Waals surface area contributed by atoms with E-state index >= 15 is 0 Å². The number of nitrogens with one attached hydrogen (secondary N) is 1. The van der Waals surface area contributed by atoms with Crippen LogP contribution in [-0.4, -0.2) is 44.8 Å². The second kappa shape index (κ2) is 4.92. The van der Waals surface area contributed by atoms with Gasteiger partial charge in [0.15, 0.2) is 12.4 Å². The van der Waals surface area contributed by atoms with Crippen LogP contribution in [-0.2, 0) is 4.74 Å². The first-order valence-corrected chi connectivity index (χ1v) is 5.84. The minimum atomic E-state index is -1.81. The van der Waals surface area contributed by atoms with Gasteiger partial charge in [-0.1, -0.05) is 0 Å². The molecule has 1 fully saturated rings. The molecule has 0 saturated carbocycles. The molecular weight excluding hydrogens is 315 g/mol. The molecule has 1 aliphatic heterocycles. The van der Waals surface area contributed by atoms with Gasteiger partial charge in [-0.25, -0.2) is 9.18 Å². The summed E-state index contributed by atoms with van der Waals surface area (Å²) in [4.78, 5) is 24.7. The fraction of sp³-hybridized carbons (Fsp3) is 0.556. The van der Waals surface area contributed by atoms with Crippen LogP contribution in [0.2, 0.25) is 0 Å². The molecule has 2 heterocycles. The van der Waals surface area contributed by atoms with E-state index in [0.717, 1.165) is 10.8 Å². The van der Waals surface area contributed by atoms with Gasteiger partial charge in [0.05, 0.1) is 11.1 Å². The standard InChI is InChI=1S/C9H10BrFN2O5/c10-3-1-13(9(17)12-7(3)16)8-6(15)5(11)4(2-14)18-8/h1,4-6,8,14-15H,2H2,(H,12,16,17)/t4-,5?,6+,8-/m1/s1. The summed E-state index contributed by atoms with van der Waals surface area (Å²) in [5.41, 5.74) is -1.47. The first-order chi connectivity index (χ1) is 8.45. The number of nitrogens with zero attached hydrogens (tertiary/aromatic N) is 1. The van der Waals surface area contributed by atoms with Gasteiger partial charge in [-0.15, -0.1) is 0 Å². The molecule has 0 bridgehead atoms. The van der Waals surface area contributed by atoms with Crippen molar-refractivity contribution in [1.29, 1.82) is 0 Å². The zero-order chi connectivity index (χ0) is 13.4. The number of alkyl halides is 1. The Morgan fingerprint density at radius 1 is 1.56 bits per heavy atom. The highest BCUT2D eigenvalue weighted by atomic mass is 79.9. The van der Waals surface area contributed by atoms with Crippen molar-refractivity contribution >= 4 is 15.9 Å². The van der Waals surface area contributed by atoms with E-state index in [-0.39, 0.29) is 4.47 Å². The van der Waals surface area contributed by atoms with E-state index in [4.69, 9.17) is 9.84 Å². The van der Waals surface area contributed by atoms with Gasteiger partial charge in [0.2, 0.25) is 0 Å². The Hall–Kier alpha value is -1.03. The summed E-state index contributed by atoms with van der Waals surface area (Å²) in [6, 6.07) is 0. The fourth-order valence-electron chi connectivity index (χ4n) is 1.74. The maximum absolute atomic E-state index is 13.5. The Morgan fingerprint density at radius 2 is 2.22 bits per heavy atom. The van der Waals surface area contributed by atoms with E-state index in [0.29, 0.717) is 0 Å². The van der Waals surface area contributed by atoms with Crippen molar-refractivity contribution in [2.75, 3.05) is 6.61 Å². The number of aromatic nitrogens is 2. The molecule has 3 N–H and O–H groups in total. The molecule has 1 aromatic heterocycles. The summed E-state index contributed by atoms with van der Waals surface area (Å²) in [5.74, 6) is 0. The minimum absolute atomic E-state index is 0.0424. The second-order valence-corrected chi connectivity index (χ2v) is 4.68. The number of halogens is 2. The number of ether oxygens (including phenoxy) is 1. The molecule has 7 nitrogen and oxygen atoms in total. The molecule has 2 rings (SSSR count). The van der Waals surface area contributed by atoms with Gasteiger partial charge in [0.1, 0.15) is 12.2 Å². The van der Waals surface area contributed by atoms with Crippen LogP contribution in [0.25, 0.3) is 0 Å². The molecule has 1 aromatic rings. The smallest absolute Gasteiger partial charge is 0.330 e. The lowest BCUT2D eigenvalue weighted by atomic mass is 10.1. The molecule has 100 valence electrons. The summed E-state index contributed by atoms with van der Waals surface area (Å²) in [7, 11) is 0. The fourth-order valence-corrected chi connectivity index (χ4v) is 2.06. The summed E-state index contributed by atoms with van der Waals surface area (Å²) in [5, 5.41) is 18.5. The Balaban J connectivity index is 2.42. The Labute approximate surface area is 108 Å². The van der Waals surface area contributed by atoms with Gasteiger partial charge in [0, 0.05) is 6.20 Å². The van der Waals surface area contributed by atoms with Crippen molar-refractivity contribution in [3.05, 3.63) is 31.5 Å². The topological polar surface area (TPSA) is 105 Å². The first kappa shape index (κ1) is 13.4. The lowest BCUT2D eigenvalue weighted by molar-refractivity contribution is -0.0538. The van der Waals surface area contributed by atoms with Gasteiger partial charge >= 0.3 is 5.69 Å². The normalized spacial score (nSPS) is 31.8. The maximum Gasteiger partial charge on any atom is 0.330 e. The van der Waals surface area contributed by atoms with Crippen molar-refractivity contribution in [2.24, 2.45) is 0 Å². The molecule has 9 heteroatoms. The van der Waals surface area contributed by atoms with Gasteiger partial charge in [-0.2, -0.15) is 0 Å². The molecule has 1 saturated heterocycles. The van der Waals surface area contributed by atoms with Crippen LogP contribution in [0.4, 0.5) is 4.39 Å². The van der Waals surface area contributed by atoms with Crippen LogP contribution < -0.4 is 11.2 Å². The SMILES string of the molecule is O=c1[nH]c(=O)n([C@@H]2O[C@H](CO)C(F)[C@@H]2O)cc1Br. The van der Waals surface area contributed by atoms with Crippen molar-refractivity contribution in [1.82, 2.24) is 9.55 Å². The Kier molecular flexibility index (Phi) is 3.66. The number of rotatable bonds is 2. The van der Waals surface area contributed by atoms with Crippen LogP contribution in [0.15, 0.2) is 20.3 Å². The van der Waals surface area contributed by atoms with Crippen LogP contribution >= 0.6 is 15.9 Å². The van der Waals surface area contributed by atoms with Crippen molar-refractivity contribution in [3.63, 3.8) is 0 Å². The van der Waals surface area contributed by atoms with Crippen LogP contribution in [0.5, 0.6) is 0 Å². The van der Waals surface area contributed by atoms with Crippen molar-refractivity contribution in [2.45, 2.75) is 24.6 Å². The molecule has 0 amide bonds. The zero-order valence-electron chi connectivity index (χ0n) is 8.92. The average molecular weight is 325 g/mol. The van der Waals surface area contributed by atoms with Gasteiger partial charge in [0.25, 0.3) is 5.56 Å². The van der Waals surface area contributed by atoms with E-state index in [9.17, 15) is 19.1 Å². The third-order valence-electron chi connectivity index (χ3n) is 2.67. The average Bonchev–Trinajstić information content (AvgIpc) is 2.61. The van der Waals surface area contributed by atoms with Crippen molar-refractivity contribution in [3.8, 4) is 0 Å². The number of aliphatic hydroxyl groups excluding tert-OH is 2. The quantitative estimate of drug-likeness (QED) is 0.639. The lowest BCUT2D eigenvalue weighted by Crippen LogP contribution is -2.37. The van der Waals surface area contributed by atoms with Gasteiger partial charge < -0.3 is 14.9 Å². The summed E-state index contributed by atoms with van der Waals surface area (Å²) >= 11 is 2.91. The van der Waals surface area contributed by atoms with E-state index in [2.05, 4.69) is 15.9 Å². The Morgan fingerprint density at radius 3 is 2.78 bits per heavy atom. The zero-order valence-corrected chi connectivity index (χ0v) is 10.5. The highest BCUT2D eigenvalue weighted by Gasteiger charge is 2.45. The number of hydrogen-bond donors (Lipinski definition) is 3. The minimum Gasteiger partial charge on any atom is -0.394 e. The summed E-state index contributed by atoms with van der Waals surface area (Å²) in [6.07, 6.45) is -4.81. The maximum atomic E-state index is 13.5. The first-order valence-electron chi connectivity index (χ1n) is 5.05. The predicted molar refractivity (Wildman–Crippen MR) is 60.9 cm³/mol. The number of aliphatic hydroxyl groups is 2. The molecule has 18 heavy (non-hydrogen) atoms. The molecule has 0 aliphatic carbocycles. The predicted octanol–water partition coefficient (Wildman–Crippen LogP) is -1.11. The van der Waals surface area contributed by atoms with E-state index in [1.54, 1.807) is 0 Å². The number of hydrogen-bond acceptors (Lipinski definition) is 5. The molecule has 0 radical (unpaired) electrons. The molecule has 0 aromatic carbocycles. The third kappa shape index (κ3) is 2.14. The lowest BCUT2D eigenvalue weighted by Gasteiger charge is -2.16. The van der Waals surface area contributed by atoms with E-state index in [1.165, 1.54) is 0 Å². The molecule has 4 atom stereocenters.